The Kier molecular flexibility index (Phi) is 4.02. The first kappa shape index (κ1) is 13.1. The van der Waals surface area contributed by atoms with Crippen molar-refractivity contribution in [3.63, 3.8) is 0 Å². The zero-order chi connectivity index (χ0) is 13.0. The second kappa shape index (κ2) is 5.53. The van der Waals surface area contributed by atoms with Gasteiger partial charge in [0.15, 0.2) is 0 Å². The SMILES string of the molecule is CC(CCO)CNC(=O)C1(c2ccccc2)CC1. The van der Waals surface area contributed by atoms with E-state index < -0.39 is 0 Å². The highest BCUT2D eigenvalue weighted by molar-refractivity contribution is 5.91. The fraction of sp³-hybridized carbons (Fsp3) is 0.533. The molecule has 1 aliphatic carbocycles. The number of aliphatic hydroxyl groups excluding tert-OH is 1. The lowest BCUT2D eigenvalue weighted by Gasteiger charge is -2.17. The fourth-order valence-electron chi connectivity index (χ4n) is 2.29. The average Bonchev–Trinajstić information content (AvgIpc) is 3.19. The first-order valence-electron chi connectivity index (χ1n) is 6.64. The summed E-state index contributed by atoms with van der Waals surface area (Å²) in [5.41, 5.74) is 0.845. The molecular formula is C15H21NO2. The molecular weight excluding hydrogens is 226 g/mol. The molecule has 3 heteroatoms. The molecule has 18 heavy (non-hydrogen) atoms. The minimum Gasteiger partial charge on any atom is -0.396 e. The van der Waals surface area contributed by atoms with Gasteiger partial charge in [-0.15, -0.1) is 0 Å². The van der Waals surface area contributed by atoms with Crippen molar-refractivity contribution in [3.8, 4) is 0 Å². The molecule has 1 aromatic rings. The van der Waals surface area contributed by atoms with E-state index >= 15 is 0 Å². The maximum Gasteiger partial charge on any atom is 0.230 e. The topological polar surface area (TPSA) is 49.3 Å². The highest BCUT2D eigenvalue weighted by Crippen LogP contribution is 2.48. The molecule has 1 atom stereocenters. The van der Waals surface area contributed by atoms with Crippen molar-refractivity contribution in [2.75, 3.05) is 13.2 Å². The highest BCUT2D eigenvalue weighted by Gasteiger charge is 2.50. The van der Waals surface area contributed by atoms with E-state index in [4.69, 9.17) is 5.11 Å². The molecule has 1 amide bonds. The fourth-order valence-corrected chi connectivity index (χ4v) is 2.29. The van der Waals surface area contributed by atoms with Crippen molar-refractivity contribution >= 4 is 5.91 Å². The molecule has 1 aliphatic rings. The Morgan fingerprint density at radius 2 is 2.06 bits per heavy atom. The summed E-state index contributed by atoms with van der Waals surface area (Å²) in [5.74, 6) is 0.462. The van der Waals surface area contributed by atoms with Gasteiger partial charge in [0.1, 0.15) is 0 Å². The molecule has 1 saturated carbocycles. The Morgan fingerprint density at radius 3 is 2.61 bits per heavy atom. The Bertz CT molecular complexity index is 398. The molecule has 0 aliphatic heterocycles. The Balaban J connectivity index is 1.93. The molecule has 1 fully saturated rings. The number of aliphatic hydroxyl groups is 1. The minimum absolute atomic E-state index is 0.137. The number of nitrogens with one attached hydrogen (secondary N) is 1. The van der Waals surface area contributed by atoms with E-state index in [0.717, 1.165) is 24.8 Å². The molecule has 0 spiro atoms. The minimum atomic E-state index is -0.278. The van der Waals surface area contributed by atoms with Crippen LogP contribution in [0.2, 0.25) is 0 Å². The Morgan fingerprint density at radius 1 is 1.39 bits per heavy atom. The van der Waals surface area contributed by atoms with Gasteiger partial charge in [0.25, 0.3) is 0 Å². The number of benzene rings is 1. The number of amides is 1. The molecule has 1 unspecified atom stereocenters. The van der Waals surface area contributed by atoms with Crippen LogP contribution in [0.5, 0.6) is 0 Å². The number of hydrogen-bond acceptors (Lipinski definition) is 2. The van der Waals surface area contributed by atoms with Crippen molar-refractivity contribution in [1.29, 1.82) is 0 Å². The standard InChI is InChI=1S/C15H21NO2/c1-12(7-10-17)11-16-14(18)15(8-9-15)13-5-3-2-4-6-13/h2-6,12,17H,7-11H2,1H3,(H,16,18). The van der Waals surface area contributed by atoms with Gasteiger partial charge in [-0.2, -0.15) is 0 Å². The number of rotatable bonds is 6. The summed E-state index contributed by atoms with van der Waals surface area (Å²) >= 11 is 0. The van der Waals surface area contributed by atoms with Crippen LogP contribution in [0.3, 0.4) is 0 Å². The molecule has 0 heterocycles. The molecule has 0 radical (unpaired) electrons. The van der Waals surface area contributed by atoms with Crippen molar-refractivity contribution in [1.82, 2.24) is 5.32 Å². The quantitative estimate of drug-likeness (QED) is 0.806. The van der Waals surface area contributed by atoms with Crippen LogP contribution in [0.15, 0.2) is 30.3 Å². The maximum absolute atomic E-state index is 12.3. The van der Waals surface area contributed by atoms with Gasteiger partial charge in [-0.3, -0.25) is 4.79 Å². The van der Waals surface area contributed by atoms with Crippen LogP contribution in [0.4, 0.5) is 0 Å². The van der Waals surface area contributed by atoms with Crippen LogP contribution in [0.1, 0.15) is 31.7 Å². The molecule has 0 bridgehead atoms. The van der Waals surface area contributed by atoms with E-state index in [2.05, 4.69) is 5.32 Å². The monoisotopic (exact) mass is 247 g/mol. The second-order valence-corrected chi connectivity index (χ2v) is 5.28. The number of carbonyl (C=O) groups excluding carboxylic acids is 1. The van der Waals surface area contributed by atoms with Crippen LogP contribution >= 0.6 is 0 Å². The lowest BCUT2D eigenvalue weighted by molar-refractivity contribution is -0.123. The third kappa shape index (κ3) is 2.72. The number of carbonyl (C=O) groups is 1. The van der Waals surface area contributed by atoms with Crippen LogP contribution < -0.4 is 5.32 Å². The maximum atomic E-state index is 12.3. The van der Waals surface area contributed by atoms with Gasteiger partial charge < -0.3 is 10.4 Å². The zero-order valence-corrected chi connectivity index (χ0v) is 10.9. The van der Waals surface area contributed by atoms with Crippen LogP contribution in [0, 0.1) is 5.92 Å². The van der Waals surface area contributed by atoms with E-state index in [-0.39, 0.29) is 17.9 Å². The summed E-state index contributed by atoms with van der Waals surface area (Å²) in [6.07, 6.45) is 2.62. The van der Waals surface area contributed by atoms with Gasteiger partial charge >= 0.3 is 0 Å². The predicted octanol–water partition coefficient (Wildman–Crippen LogP) is 1.85. The Hall–Kier alpha value is -1.35. The summed E-state index contributed by atoms with van der Waals surface area (Å²) in [6.45, 7) is 2.87. The zero-order valence-electron chi connectivity index (χ0n) is 10.9. The van der Waals surface area contributed by atoms with E-state index in [1.54, 1.807) is 0 Å². The molecule has 3 nitrogen and oxygen atoms in total. The van der Waals surface area contributed by atoms with Gasteiger partial charge in [0, 0.05) is 13.2 Å². The van der Waals surface area contributed by atoms with Crippen molar-refractivity contribution < 1.29 is 9.90 Å². The molecule has 2 N–H and O–H groups in total. The summed E-state index contributed by atoms with van der Waals surface area (Å²) in [6, 6.07) is 10.0. The first-order valence-corrected chi connectivity index (χ1v) is 6.64. The third-order valence-electron chi connectivity index (χ3n) is 3.74. The second-order valence-electron chi connectivity index (χ2n) is 5.28. The van der Waals surface area contributed by atoms with Gasteiger partial charge in [0.05, 0.1) is 5.41 Å². The van der Waals surface area contributed by atoms with Crippen LogP contribution in [-0.2, 0) is 10.2 Å². The molecule has 0 saturated heterocycles. The molecule has 0 aromatic heterocycles. The molecule has 98 valence electrons. The Labute approximate surface area is 108 Å². The third-order valence-corrected chi connectivity index (χ3v) is 3.74. The summed E-state index contributed by atoms with van der Waals surface area (Å²) in [4.78, 5) is 12.3. The largest absolute Gasteiger partial charge is 0.396 e. The van der Waals surface area contributed by atoms with Crippen LogP contribution in [0.25, 0.3) is 0 Å². The van der Waals surface area contributed by atoms with Crippen LogP contribution in [-0.4, -0.2) is 24.2 Å². The summed E-state index contributed by atoms with van der Waals surface area (Å²) < 4.78 is 0. The molecule has 1 aromatic carbocycles. The van der Waals surface area contributed by atoms with Crippen molar-refractivity contribution in [2.45, 2.75) is 31.6 Å². The lowest BCUT2D eigenvalue weighted by atomic mass is 9.95. The highest BCUT2D eigenvalue weighted by atomic mass is 16.3. The van der Waals surface area contributed by atoms with E-state index in [1.807, 2.05) is 37.3 Å². The average molecular weight is 247 g/mol. The lowest BCUT2D eigenvalue weighted by Crippen LogP contribution is -2.37. The predicted molar refractivity (Wildman–Crippen MR) is 71.2 cm³/mol. The van der Waals surface area contributed by atoms with Crippen molar-refractivity contribution in [2.24, 2.45) is 5.92 Å². The normalized spacial score (nSPS) is 18.1. The van der Waals surface area contributed by atoms with Gasteiger partial charge in [-0.05, 0) is 30.7 Å². The van der Waals surface area contributed by atoms with E-state index in [9.17, 15) is 4.79 Å². The smallest absolute Gasteiger partial charge is 0.230 e. The first-order chi connectivity index (χ1) is 8.69. The summed E-state index contributed by atoms with van der Waals surface area (Å²) in [7, 11) is 0. The van der Waals surface area contributed by atoms with E-state index in [1.165, 1.54) is 0 Å². The van der Waals surface area contributed by atoms with Crippen molar-refractivity contribution in [3.05, 3.63) is 35.9 Å². The van der Waals surface area contributed by atoms with Gasteiger partial charge in [-0.1, -0.05) is 37.3 Å². The van der Waals surface area contributed by atoms with E-state index in [0.29, 0.717) is 12.5 Å². The molecule has 2 rings (SSSR count). The van der Waals surface area contributed by atoms with Gasteiger partial charge in [-0.25, -0.2) is 0 Å². The summed E-state index contributed by atoms with van der Waals surface area (Å²) in [5, 5.41) is 11.9. The van der Waals surface area contributed by atoms with Gasteiger partial charge in [0.2, 0.25) is 5.91 Å². The number of hydrogen-bond donors (Lipinski definition) is 2.